The summed E-state index contributed by atoms with van der Waals surface area (Å²) in [7, 11) is 0. The molecule has 0 saturated carbocycles. The minimum atomic E-state index is -0.692. The van der Waals surface area contributed by atoms with Gasteiger partial charge in [-0.2, -0.15) is 0 Å². The first-order valence-electron chi connectivity index (χ1n) is 8.67. The number of carbonyl (C=O) groups excluding carboxylic acids is 1. The Morgan fingerprint density at radius 1 is 1.11 bits per heavy atom. The van der Waals surface area contributed by atoms with Crippen LogP contribution in [0.2, 0.25) is 0 Å². The third kappa shape index (κ3) is 4.59. The van der Waals surface area contributed by atoms with Gasteiger partial charge >= 0.3 is 5.69 Å². The maximum Gasteiger partial charge on any atom is 0.310 e. The van der Waals surface area contributed by atoms with E-state index in [-0.39, 0.29) is 17.3 Å². The number of amides is 1. The Morgan fingerprint density at radius 3 is 2.52 bits per heavy atom. The van der Waals surface area contributed by atoms with Crippen molar-refractivity contribution in [2.75, 3.05) is 26.2 Å². The number of nitro groups is 1. The molecule has 0 radical (unpaired) electrons. The summed E-state index contributed by atoms with van der Waals surface area (Å²) in [6, 6.07) is 10.0. The van der Waals surface area contributed by atoms with Crippen LogP contribution in [0.25, 0.3) is 0 Å². The van der Waals surface area contributed by atoms with Gasteiger partial charge in [-0.05, 0) is 36.2 Å². The molecular formula is C19H20FN3O4. The molecule has 7 nitrogen and oxygen atoms in total. The summed E-state index contributed by atoms with van der Waals surface area (Å²) in [4.78, 5) is 26.6. The van der Waals surface area contributed by atoms with Gasteiger partial charge in [-0.15, -0.1) is 0 Å². The van der Waals surface area contributed by atoms with Crippen molar-refractivity contribution in [3.05, 3.63) is 69.5 Å². The molecule has 2 aromatic carbocycles. The summed E-state index contributed by atoms with van der Waals surface area (Å²) in [6.07, 6.45) is 0.784. The molecule has 0 bridgehead atoms. The quantitative estimate of drug-likeness (QED) is 0.658. The second-order valence-electron chi connectivity index (χ2n) is 6.51. The lowest BCUT2D eigenvalue weighted by Crippen LogP contribution is -2.35. The van der Waals surface area contributed by atoms with Crippen LogP contribution in [0.4, 0.5) is 10.1 Å². The number of phenolic OH excluding ortho intramolecular Hbond substituents is 1. The highest BCUT2D eigenvalue weighted by molar-refractivity contribution is 5.95. The zero-order valence-corrected chi connectivity index (χ0v) is 14.7. The Kier molecular flexibility index (Phi) is 5.66. The maximum atomic E-state index is 13.0. The number of nitro benzene ring substituents is 1. The van der Waals surface area contributed by atoms with Crippen LogP contribution >= 0.6 is 0 Å². The van der Waals surface area contributed by atoms with Gasteiger partial charge in [0.25, 0.3) is 5.91 Å². The Hall–Kier alpha value is -3.00. The first-order chi connectivity index (χ1) is 12.9. The fourth-order valence-corrected chi connectivity index (χ4v) is 3.17. The van der Waals surface area contributed by atoms with Crippen molar-refractivity contribution in [2.45, 2.75) is 13.0 Å². The largest absolute Gasteiger partial charge is 0.502 e. The number of hydrogen-bond donors (Lipinski definition) is 1. The molecule has 1 heterocycles. The van der Waals surface area contributed by atoms with E-state index in [1.807, 2.05) is 0 Å². The predicted molar refractivity (Wildman–Crippen MR) is 97.0 cm³/mol. The Morgan fingerprint density at radius 2 is 1.85 bits per heavy atom. The molecule has 0 unspecified atom stereocenters. The molecule has 1 N–H and O–H groups in total. The summed E-state index contributed by atoms with van der Waals surface area (Å²) >= 11 is 0. The molecule has 0 atom stereocenters. The van der Waals surface area contributed by atoms with Gasteiger partial charge in [-0.1, -0.05) is 12.1 Å². The van der Waals surface area contributed by atoms with Crippen LogP contribution in [0.15, 0.2) is 42.5 Å². The van der Waals surface area contributed by atoms with E-state index in [9.17, 15) is 24.4 Å². The van der Waals surface area contributed by atoms with Crippen LogP contribution in [-0.2, 0) is 6.54 Å². The van der Waals surface area contributed by atoms with E-state index in [0.717, 1.165) is 30.7 Å². The van der Waals surface area contributed by atoms with Crippen molar-refractivity contribution in [2.24, 2.45) is 0 Å². The zero-order valence-electron chi connectivity index (χ0n) is 14.7. The highest BCUT2D eigenvalue weighted by Crippen LogP contribution is 2.27. The lowest BCUT2D eigenvalue weighted by Gasteiger charge is -2.22. The highest BCUT2D eigenvalue weighted by atomic mass is 19.1. The van der Waals surface area contributed by atoms with Crippen LogP contribution in [0.3, 0.4) is 0 Å². The third-order valence-electron chi connectivity index (χ3n) is 4.61. The lowest BCUT2D eigenvalue weighted by molar-refractivity contribution is -0.385. The number of rotatable bonds is 4. The number of aromatic hydroxyl groups is 1. The van der Waals surface area contributed by atoms with Crippen molar-refractivity contribution in [1.29, 1.82) is 0 Å². The van der Waals surface area contributed by atoms with E-state index in [2.05, 4.69) is 4.90 Å². The first kappa shape index (κ1) is 18.8. The van der Waals surface area contributed by atoms with Gasteiger partial charge in [0.2, 0.25) is 0 Å². The average Bonchev–Trinajstić information content (AvgIpc) is 2.88. The van der Waals surface area contributed by atoms with Gasteiger partial charge in [0, 0.05) is 44.4 Å². The summed E-state index contributed by atoms with van der Waals surface area (Å²) in [5, 5.41) is 20.5. The molecule has 1 amide bonds. The van der Waals surface area contributed by atoms with Crippen LogP contribution in [-0.4, -0.2) is 51.9 Å². The van der Waals surface area contributed by atoms with E-state index in [1.54, 1.807) is 17.0 Å². The maximum absolute atomic E-state index is 13.0. The van der Waals surface area contributed by atoms with Gasteiger partial charge in [0.1, 0.15) is 5.82 Å². The Balaban J connectivity index is 1.63. The Labute approximate surface area is 155 Å². The molecule has 1 saturated heterocycles. The molecule has 3 rings (SSSR count). The number of phenols is 1. The van der Waals surface area contributed by atoms with Crippen LogP contribution in [0, 0.1) is 15.9 Å². The molecule has 27 heavy (non-hydrogen) atoms. The molecule has 0 aromatic heterocycles. The summed E-state index contributed by atoms with van der Waals surface area (Å²) in [5.74, 6) is -1.04. The minimum Gasteiger partial charge on any atom is -0.502 e. The molecule has 1 aliphatic rings. The van der Waals surface area contributed by atoms with Gasteiger partial charge in [-0.3, -0.25) is 19.8 Å². The topological polar surface area (TPSA) is 86.9 Å². The molecule has 8 heteroatoms. The van der Waals surface area contributed by atoms with Crippen molar-refractivity contribution >= 4 is 11.6 Å². The summed E-state index contributed by atoms with van der Waals surface area (Å²) in [6.45, 7) is 3.24. The number of halogens is 1. The first-order valence-corrected chi connectivity index (χ1v) is 8.67. The fourth-order valence-electron chi connectivity index (χ4n) is 3.17. The number of hydrogen-bond acceptors (Lipinski definition) is 5. The van der Waals surface area contributed by atoms with E-state index in [4.69, 9.17) is 0 Å². The normalized spacial score (nSPS) is 15.4. The lowest BCUT2D eigenvalue weighted by atomic mass is 10.1. The predicted octanol–water partition coefficient (Wildman–Crippen LogP) is 2.79. The second kappa shape index (κ2) is 8.13. The third-order valence-corrected chi connectivity index (χ3v) is 4.61. The molecular weight excluding hydrogens is 353 g/mol. The van der Waals surface area contributed by atoms with Crippen molar-refractivity contribution in [3.63, 3.8) is 0 Å². The number of benzene rings is 2. The monoisotopic (exact) mass is 373 g/mol. The number of nitrogens with zero attached hydrogens (tertiary/aromatic N) is 3. The van der Waals surface area contributed by atoms with Crippen molar-refractivity contribution in [3.8, 4) is 5.75 Å². The zero-order chi connectivity index (χ0) is 19.4. The van der Waals surface area contributed by atoms with Crippen molar-refractivity contribution in [1.82, 2.24) is 9.80 Å². The van der Waals surface area contributed by atoms with E-state index in [1.165, 1.54) is 18.2 Å². The van der Waals surface area contributed by atoms with E-state index >= 15 is 0 Å². The minimum absolute atomic E-state index is 0.227. The molecule has 0 spiro atoms. The fraction of sp³-hybridized carbons (Fsp3) is 0.316. The molecule has 2 aromatic rings. The van der Waals surface area contributed by atoms with E-state index in [0.29, 0.717) is 26.2 Å². The smallest absolute Gasteiger partial charge is 0.310 e. The SMILES string of the molecule is O=C(c1ccc([N+](=O)[O-])c(O)c1)N1CCCN(Cc2ccc(F)cc2)CC1. The second-order valence-corrected chi connectivity index (χ2v) is 6.51. The molecule has 1 aliphatic heterocycles. The van der Waals surface area contributed by atoms with E-state index < -0.39 is 16.4 Å². The highest BCUT2D eigenvalue weighted by Gasteiger charge is 2.22. The summed E-state index contributed by atoms with van der Waals surface area (Å²) < 4.78 is 13.0. The summed E-state index contributed by atoms with van der Waals surface area (Å²) in [5.41, 5.74) is 0.814. The van der Waals surface area contributed by atoms with Gasteiger partial charge in [-0.25, -0.2) is 4.39 Å². The van der Waals surface area contributed by atoms with Crippen molar-refractivity contribution < 1.29 is 19.2 Å². The van der Waals surface area contributed by atoms with Crippen LogP contribution in [0.1, 0.15) is 22.3 Å². The molecule has 142 valence electrons. The number of carbonyl (C=O) groups is 1. The molecule has 1 fully saturated rings. The standard InChI is InChI=1S/C19H20FN3O4/c20-16-5-2-14(3-6-16)13-21-8-1-9-22(11-10-21)19(25)15-4-7-17(23(26)27)18(24)12-15/h2-7,12,24H,1,8-11,13H2. The van der Waals surface area contributed by atoms with Gasteiger partial charge in [0.05, 0.1) is 4.92 Å². The van der Waals surface area contributed by atoms with Gasteiger partial charge in [0.15, 0.2) is 5.75 Å². The molecule has 0 aliphatic carbocycles. The Bertz CT molecular complexity index is 841. The van der Waals surface area contributed by atoms with Crippen LogP contribution < -0.4 is 0 Å². The van der Waals surface area contributed by atoms with Crippen LogP contribution in [0.5, 0.6) is 5.75 Å². The van der Waals surface area contributed by atoms with Gasteiger partial charge < -0.3 is 10.0 Å². The average molecular weight is 373 g/mol.